The van der Waals surface area contributed by atoms with Crippen molar-refractivity contribution >= 4 is 35.5 Å². The van der Waals surface area contributed by atoms with Gasteiger partial charge in [-0.2, -0.15) is 11.8 Å². The molecule has 7 heteroatoms. The molecule has 1 rings (SSSR count). The summed E-state index contributed by atoms with van der Waals surface area (Å²) in [5.41, 5.74) is 0. The van der Waals surface area contributed by atoms with E-state index in [0.29, 0.717) is 12.3 Å². The van der Waals surface area contributed by atoms with Crippen molar-refractivity contribution in [3.63, 3.8) is 0 Å². The normalized spacial score (nSPS) is 23.5. The zero-order valence-electron chi connectivity index (χ0n) is 11.8. The van der Waals surface area contributed by atoms with E-state index in [2.05, 4.69) is 5.32 Å². The zero-order chi connectivity index (χ0) is 14.6. The van der Waals surface area contributed by atoms with E-state index in [-0.39, 0.29) is 16.2 Å². The highest BCUT2D eigenvalue weighted by Crippen LogP contribution is 2.31. The molecule has 0 aromatic rings. The van der Waals surface area contributed by atoms with Crippen molar-refractivity contribution in [2.75, 3.05) is 18.6 Å². The van der Waals surface area contributed by atoms with Gasteiger partial charge in [-0.25, -0.2) is 9.59 Å². The van der Waals surface area contributed by atoms with Crippen molar-refractivity contribution < 1.29 is 14.7 Å². The lowest BCUT2D eigenvalue weighted by Gasteiger charge is -2.29. The number of nitrogens with zero attached hydrogens (tertiary/aromatic N) is 1. The predicted molar refractivity (Wildman–Crippen MR) is 80.8 cm³/mol. The second-order valence-corrected chi connectivity index (χ2v) is 7.80. The van der Waals surface area contributed by atoms with E-state index >= 15 is 0 Å². The molecule has 0 aliphatic carbocycles. The van der Waals surface area contributed by atoms with Crippen LogP contribution in [0, 0.1) is 0 Å². The summed E-state index contributed by atoms with van der Waals surface area (Å²) < 4.78 is -0.0526. The molecule has 2 N–H and O–H groups in total. The fourth-order valence-corrected chi connectivity index (χ4v) is 3.36. The van der Waals surface area contributed by atoms with E-state index in [4.69, 9.17) is 0 Å². The van der Waals surface area contributed by atoms with E-state index in [9.17, 15) is 14.7 Å². The highest BCUT2D eigenvalue weighted by molar-refractivity contribution is 8.00. The number of carbonyl (C=O) groups is 2. The Morgan fingerprint density at radius 1 is 1.53 bits per heavy atom. The molecule has 1 aliphatic heterocycles. The first-order valence-electron chi connectivity index (χ1n) is 6.28. The van der Waals surface area contributed by atoms with Crippen LogP contribution in [-0.4, -0.2) is 56.7 Å². The van der Waals surface area contributed by atoms with Gasteiger partial charge in [-0.1, -0.05) is 6.92 Å². The summed E-state index contributed by atoms with van der Waals surface area (Å²) in [4.78, 5) is 24.9. The van der Waals surface area contributed by atoms with Gasteiger partial charge >= 0.3 is 12.0 Å². The number of hydrogen-bond acceptors (Lipinski definition) is 4. The molecule has 19 heavy (non-hydrogen) atoms. The van der Waals surface area contributed by atoms with Crippen LogP contribution >= 0.6 is 23.5 Å². The Kier molecular flexibility index (Phi) is 5.85. The van der Waals surface area contributed by atoms with Gasteiger partial charge in [-0.05, 0) is 26.5 Å². The van der Waals surface area contributed by atoms with Crippen LogP contribution in [0.5, 0.6) is 0 Å². The number of nitrogens with one attached hydrogen (secondary N) is 1. The number of amides is 2. The monoisotopic (exact) mass is 306 g/mol. The number of hydrogen-bond donors (Lipinski definition) is 2. The highest BCUT2D eigenvalue weighted by atomic mass is 32.2. The van der Waals surface area contributed by atoms with Gasteiger partial charge in [0.25, 0.3) is 0 Å². The smallest absolute Gasteiger partial charge is 0.327 e. The van der Waals surface area contributed by atoms with Crippen LogP contribution < -0.4 is 5.32 Å². The molecule has 110 valence electrons. The van der Waals surface area contributed by atoms with E-state index in [1.165, 1.54) is 16.7 Å². The first kappa shape index (κ1) is 16.5. The Balaban J connectivity index is 2.68. The zero-order valence-corrected chi connectivity index (χ0v) is 13.4. The minimum Gasteiger partial charge on any atom is -0.480 e. The van der Waals surface area contributed by atoms with Crippen LogP contribution in [0.4, 0.5) is 4.79 Å². The van der Waals surface area contributed by atoms with E-state index in [1.54, 1.807) is 11.8 Å². The van der Waals surface area contributed by atoms with Crippen LogP contribution in [0.15, 0.2) is 0 Å². The van der Waals surface area contributed by atoms with Crippen LogP contribution in [0.25, 0.3) is 0 Å². The first-order valence-corrected chi connectivity index (χ1v) is 8.55. The highest BCUT2D eigenvalue weighted by Gasteiger charge is 2.41. The maximum absolute atomic E-state index is 12.2. The number of carboxylic acids is 1. The SMILES string of the molecule is CCC1SCC(C(=O)O)N1C(=O)NCC(C)(C)SC. The lowest BCUT2D eigenvalue weighted by molar-refractivity contribution is -0.141. The van der Waals surface area contributed by atoms with Crippen LogP contribution in [0.1, 0.15) is 27.2 Å². The summed E-state index contributed by atoms with van der Waals surface area (Å²) in [7, 11) is 0. The van der Waals surface area contributed by atoms with E-state index in [1.807, 2.05) is 27.0 Å². The first-order chi connectivity index (χ1) is 8.82. The molecular formula is C12H22N2O3S2. The maximum atomic E-state index is 12.2. The molecule has 0 aromatic carbocycles. The van der Waals surface area contributed by atoms with Gasteiger partial charge in [0.2, 0.25) is 0 Å². The largest absolute Gasteiger partial charge is 0.480 e. The van der Waals surface area contributed by atoms with E-state index in [0.717, 1.165) is 6.42 Å². The minimum atomic E-state index is -0.928. The van der Waals surface area contributed by atoms with Gasteiger partial charge in [0.05, 0.1) is 5.37 Å². The van der Waals surface area contributed by atoms with Crippen molar-refractivity contribution in [3.8, 4) is 0 Å². The van der Waals surface area contributed by atoms with Crippen LogP contribution in [-0.2, 0) is 4.79 Å². The third-order valence-corrected chi connectivity index (χ3v) is 5.88. The van der Waals surface area contributed by atoms with Crippen molar-refractivity contribution in [1.82, 2.24) is 10.2 Å². The molecule has 0 radical (unpaired) electrons. The van der Waals surface area contributed by atoms with E-state index < -0.39 is 12.0 Å². The topological polar surface area (TPSA) is 69.6 Å². The fraction of sp³-hybridized carbons (Fsp3) is 0.833. The molecule has 2 atom stereocenters. The van der Waals surface area contributed by atoms with Crippen LogP contribution in [0.3, 0.4) is 0 Å². The Hall–Kier alpha value is -0.560. The molecule has 0 bridgehead atoms. The molecule has 2 unspecified atom stereocenters. The average Bonchev–Trinajstić information content (AvgIpc) is 2.80. The van der Waals surface area contributed by atoms with Gasteiger partial charge < -0.3 is 10.4 Å². The maximum Gasteiger partial charge on any atom is 0.327 e. The summed E-state index contributed by atoms with van der Waals surface area (Å²) in [6.07, 6.45) is 2.75. The van der Waals surface area contributed by atoms with Crippen LogP contribution in [0.2, 0.25) is 0 Å². The lowest BCUT2D eigenvalue weighted by atomic mass is 10.2. The molecule has 0 spiro atoms. The second-order valence-electron chi connectivity index (χ2n) is 5.08. The molecule has 5 nitrogen and oxygen atoms in total. The predicted octanol–water partition coefficient (Wildman–Crippen LogP) is 2.08. The Labute approximate surface area is 122 Å². The molecular weight excluding hydrogens is 284 g/mol. The van der Waals surface area contributed by atoms with Gasteiger partial charge in [0, 0.05) is 17.0 Å². The van der Waals surface area contributed by atoms with Gasteiger partial charge in [0.15, 0.2) is 0 Å². The number of urea groups is 1. The van der Waals surface area contributed by atoms with Crippen molar-refractivity contribution in [2.45, 2.75) is 43.4 Å². The van der Waals surface area contributed by atoms with Gasteiger partial charge in [0.1, 0.15) is 6.04 Å². The molecule has 1 heterocycles. The molecule has 2 amide bonds. The van der Waals surface area contributed by atoms with Crippen molar-refractivity contribution in [1.29, 1.82) is 0 Å². The Bertz CT molecular complexity index is 350. The average molecular weight is 306 g/mol. The molecule has 0 saturated carbocycles. The summed E-state index contributed by atoms with van der Waals surface area (Å²) in [6, 6.07) is -0.987. The van der Waals surface area contributed by atoms with Gasteiger partial charge in [-0.15, -0.1) is 11.8 Å². The quantitative estimate of drug-likeness (QED) is 0.814. The number of rotatable bonds is 5. The fourth-order valence-electron chi connectivity index (χ4n) is 1.79. The summed E-state index contributed by atoms with van der Waals surface area (Å²) in [5, 5.41) is 12.0. The molecule has 0 aromatic heterocycles. The Morgan fingerprint density at radius 3 is 2.63 bits per heavy atom. The molecule has 1 fully saturated rings. The third kappa shape index (κ3) is 4.21. The standard InChI is InChI=1S/C12H22N2O3S2/c1-5-9-14(8(6-19-9)10(15)16)11(17)13-7-12(2,3)18-4/h8-9H,5-7H2,1-4H3,(H,13,17)(H,15,16). The summed E-state index contributed by atoms with van der Waals surface area (Å²) >= 11 is 3.20. The second kappa shape index (κ2) is 6.74. The number of aliphatic carboxylic acids is 1. The van der Waals surface area contributed by atoms with Crippen molar-refractivity contribution in [3.05, 3.63) is 0 Å². The minimum absolute atomic E-state index is 0.0431. The lowest BCUT2D eigenvalue weighted by Crippen LogP contribution is -2.52. The molecule has 1 saturated heterocycles. The van der Waals surface area contributed by atoms with Crippen molar-refractivity contribution in [2.24, 2.45) is 0 Å². The third-order valence-electron chi connectivity index (χ3n) is 3.18. The summed E-state index contributed by atoms with van der Waals surface area (Å²) in [6.45, 7) is 6.58. The molecule has 1 aliphatic rings. The van der Waals surface area contributed by atoms with Gasteiger partial charge in [-0.3, -0.25) is 4.90 Å². The Morgan fingerprint density at radius 2 is 2.16 bits per heavy atom. The number of carbonyl (C=O) groups excluding carboxylic acids is 1. The number of carboxylic acid groups (broad SMARTS) is 1. The number of thioether (sulfide) groups is 2. The summed E-state index contributed by atoms with van der Waals surface area (Å²) in [5.74, 6) is -0.463.